The molecule has 0 unspecified atom stereocenters. The van der Waals surface area contributed by atoms with Crippen molar-refractivity contribution >= 4 is 0 Å². The summed E-state index contributed by atoms with van der Waals surface area (Å²) in [5.74, 6) is -2.78. The molecule has 280 valence electrons. The summed E-state index contributed by atoms with van der Waals surface area (Å²) in [7, 11) is 0. The van der Waals surface area contributed by atoms with Crippen LogP contribution in [0.3, 0.4) is 0 Å². The fourth-order valence-corrected chi connectivity index (χ4v) is 6.41. The van der Waals surface area contributed by atoms with Crippen LogP contribution in [0.15, 0.2) is 48.5 Å². The van der Waals surface area contributed by atoms with Crippen LogP contribution in [-0.4, -0.2) is 128 Å². The smallest absolute Gasteiger partial charge is 0.127 e. The molecule has 11 N–H and O–H groups in total. The third-order valence-corrected chi connectivity index (χ3v) is 9.37. The number of phenolic OH excluding ortho intramolecular Hbond substituents is 11. The molecule has 52 heavy (non-hydrogen) atoms. The van der Waals surface area contributed by atoms with Crippen molar-refractivity contribution in [3.05, 3.63) is 76.3 Å². The second kappa shape index (κ2) is 16.2. The van der Waals surface area contributed by atoms with Crippen LogP contribution in [0.1, 0.15) is 27.8 Å². The van der Waals surface area contributed by atoms with E-state index in [1.54, 1.807) is 19.1 Å². The monoisotopic (exact) mass is 722 g/mol. The Morgan fingerprint density at radius 2 is 0.500 bits per heavy atom. The Hall–Kier alpha value is -5.48. The molecule has 1 aliphatic heterocycles. The van der Waals surface area contributed by atoms with E-state index in [9.17, 15) is 56.2 Å². The van der Waals surface area contributed by atoms with Crippen LogP contribution in [0.25, 0.3) is 0 Å². The number of aromatic hydroxyl groups is 11. The van der Waals surface area contributed by atoms with Crippen molar-refractivity contribution < 1.29 is 56.2 Å². The Morgan fingerprint density at radius 1 is 0.327 bits per heavy atom. The number of rotatable bonds is 8. The number of benzene rings is 4. The predicted octanol–water partition coefficient (Wildman–Crippen LogP) is 3.08. The lowest BCUT2D eigenvalue weighted by molar-refractivity contribution is 0.119. The molecule has 0 radical (unpaired) electrons. The predicted molar refractivity (Wildman–Crippen MR) is 190 cm³/mol. The molecule has 0 aliphatic carbocycles. The second-order valence-electron chi connectivity index (χ2n) is 13.3. The third-order valence-electron chi connectivity index (χ3n) is 9.37. The zero-order valence-corrected chi connectivity index (χ0v) is 28.8. The summed E-state index contributed by atoms with van der Waals surface area (Å²) in [5.41, 5.74) is 1.61. The molecule has 0 saturated carbocycles. The number of phenols is 11. The van der Waals surface area contributed by atoms with E-state index in [2.05, 4.69) is 0 Å². The second-order valence-corrected chi connectivity index (χ2v) is 13.3. The standard InChI is InChI=1S/C37H46N4O11/c1-22-10-30(45)26(31(46)11-22)18-38-2-4-39(19-27-32(47)12-23(42)13-33(27)48)6-8-41(21-29-36(51)16-25(44)17-37(29)52)9-7-40(5-3-38)20-28-34(49)14-24(43)15-35(28)50/h10-17,42-52H,2-9,18-21H2,1H3. The molecule has 0 atom stereocenters. The van der Waals surface area contributed by atoms with Crippen molar-refractivity contribution in [1.29, 1.82) is 0 Å². The van der Waals surface area contributed by atoms with Gasteiger partial charge in [0.1, 0.15) is 63.2 Å². The molecule has 5 rings (SSSR count). The Balaban J connectivity index is 1.48. The largest absolute Gasteiger partial charge is 0.508 e. The van der Waals surface area contributed by atoms with E-state index in [-0.39, 0.29) is 106 Å². The summed E-state index contributed by atoms with van der Waals surface area (Å²) >= 11 is 0. The summed E-state index contributed by atoms with van der Waals surface area (Å²) < 4.78 is 0. The van der Waals surface area contributed by atoms with Gasteiger partial charge in [-0.25, -0.2) is 0 Å². The highest BCUT2D eigenvalue weighted by Gasteiger charge is 2.24. The van der Waals surface area contributed by atoms with E-state index >= 15 is 0 Å². The van der Waals surface area contributed by atoms with E-state index in [1.807, 2.05) is 19.6 Å². The lowest BCUT2D eigenvalue weighted by Crippen LogP contribution is -2.45. The Bertz CT molecular complexity index is 1510. The average Bonchev–Trinajstić information content (AvgIpc) is 3.03. The molecule has 4 aromatic carbocycles. The number of hydrogen-bond acceptors (Lipinski definition) is 15. The van der Waals surface area contributed by atoms with Crippen molar-refractivity contribution in [2.45, 2.75) is 33.1 Å². The summed E-state index contributed by atoms with van der Waals surface area (Å²) in [4.78, 5) is 7.93. The first kappa shape index (κ1) is 37.8. The van der Waals surface area contributed by atoms with Gasteiger partial charge in [-0.2, -0.15) is 0 Å². The summed E-state index contributed by atoms with van der Waals surface area (Å²) in [6, 6.07) is 9.96. The van der Waals surface area contributed by atoms with Crippen LogP contribution in [-0.2, 0) is 26.2 Å². The zero-order valence-electron chi connectivity index (χ0n) is 28.8. The highest BCUT2D eigenvalue weighted by atomic mass is 16.3. The van der Waals surface area contributed by atoms with Crippen LogP contribution >= 0.6 is 0 Å². The number of hydrogen-bond donors (Lipinski definition) is 11. The Morgan fingerprint density at radius 3 is 0.692 bits per heavy atom. The van der Waals surface area contributed by atoms with Gasteiger partial charge in [-0.3, -0.25) is 19.6 Å². The van der Waals surface area contributed by atoms with Gasteiger partial charge in [0, 0.05) is 137 Å². The zero-order chi connectivity index (χ0) is 37.7. The molecular formula is C37H46N4O11. The van der Waals surface area contributed by atoms with Gasteiger partial charge in [0.25, 0.3) is 0 Å². The minimum atomic E-state index is -0.302. The highest BCUT2D eigenvalue weighted by molar-refractivity contribution is 5.50. The molecule has 15 nitrogen and oxygen atoms in total. The van der Waals surface area contributed by atoms with Gasteiger partial charge in [-0.15, -0.1) is 0 Å². The number of nitrogens with zero attached hydrogens (tertiary/aromatic N) is 4. The van der Waals surface area contributed by atoms with Gasteiger partial charge in [0.05, 0.1) is 0 Å². The van der Waals surface area contributed by atoms with E-state index in [1.165, 1.54) is 0 Å². The molecule has 0 aromatic heterocycles. The first-order valence-corrected chi connectivity index (χ1v) is 16.8. The maximum absolute atomic E-state index is 10.8. The molecule has 1 saturated heterocycles. The molecule has 15 heteroatoms. The van der Waals surface area contributed by atoms with Crippen molar-refractivity contribution in [3.8, 4) is 63.2 Å². The molecule has 0 amide bonds. The average molecular weight is 723 g/mol. The fraction of sp³-hybridized carbons (Fsp3) is 0.351. The summed E-state index contributed by atoms with van der Waals surface area (Å²) in [6.45, 7) is 5.08. The van der Waals surface area contributed by atoms with E-state index in [0.29, 0.717) is 63.5 Å². The van der Waals surface area contributed by atoms with Crippen molar-refractivity contribution in [3.63, 3.8) is 0 Å². The molecule has 1 aliphatic rings. The van der Waals surface area contributed by atoms with Gasteiger partial charge < -0.3 is 56.2 Å². The van der Waals surface area contributed by atoms with Crippen LogP contribution in [0.2, 0.25) is 0 Å². The first-order valence-electron chi connectivity index (χ1n) is 16.8. The van der Waals surface area contributed by atoms with Crippen molar-refractivity contribution in [2.24, 2.45) is 0 Å². The van der Waals surface area contributed by atoms with Crippen LogP contribution in [0.4, 0.5) is 0 Å². The summed E-state index contributed by atoms with van der Waals surface area (Å²) in [5, 5.41) is 115. The minimum Gasteiger partial charge on any atom is -0.508 e. The van der Waals surface area contributed by atoms with Gasteiger partial charge >= 0.3 is 0 Å². The number of aryl methyl sites for hydroxylation is 1. The van der Waals surface area contributed by atoms with Crippen LogP contribution < -0.4 is 0 Å². The molecular weight excluding hydrogens is 676 g/mol. The van der Waals surface area contributed by atoms with E-state index < -0.39 is 0 Å². The lowest BCUT2D eigenvalue weighted by Gasteiger charge is -2.35. The fourth-order valence-electron chi connectivity index (χ4n) is 6.41. The van der Waals surface area contributed by atoms with E-state index in [4.69, 9.17) is 0 Å². The molecule has 1 heterocycles. The van der Waals surface area contributed by atoms with E-state index in [0.717, 1.165) is 36.4 Å². The SMILES string of the molecule is Cc1cc(O)c(CN2CCN(Cc3c(O)cc(O)cc3O)CCN(Cc3c(O)cc(O)cc3O)CCN(Cc3c(O)cc(O)cc3O)CC2)c(O)c1. The maximum Gasteiger partial charge on any atom is 0.127 e. The third kappa shape index (κ3) is 9.44. The first-order chi connectivity index (χ1) is 24.7. The Labute approximate surface area is 300 Å². The van der Waals surface area contributed by atoms with Gasteiger partial charge in [-0.1, -0.05) is 0 Å². The van der Waals surface area contributed by atoms with Gasteiger partial charge in [0.2, 0.25) is 0 Å². The quantitative estimate of drug-likeness (QED) is 0.125. The van der Waals surface area contributed by atoms with Crippen LogP contribution in [0, 0.1) is 6.92 Å². The van der Waals surface area contributed by atoms with Gasteiger partial charge in [0.15, 0.2) is 0 Å². The van der Waals surface area contributed by atoms with Crippen molar-refractivity contribution in [2.75, 3.05) is 52.4 Å². The maximum atomic E-state index is 10.8. The molecule has 4 aromatic rings. The molecule has 1 fully saturated rings. The normalized spacial score (nSPS) is 16.0. The minimum absolute atomic E-state index is 0.0633. The Kier molecular flexibility index (Phi) is 11.8. The molecule has 0 bridgehead atoms. The van der Waals surface area contributed by atoms with Crippen LogP contribution in [0.5, 0.6) is 63.2 Å². The highest BCUT2D eigenvalue weighted by Crippen LogP contribution is 2.36. The summed E-state index contributed by atoms with van der Waals surface area (Å²) in [6.07, 6.45) is 0. The van der Waals surface area contributed by atoms with Gasteiger partial charge in [-0.05, 0) is 24.6 Å². The topological polar surface area (TPSA) is 235 Å². The van der Waals surface area contributed by atoms with Crippen molar-refractivity contribution in [1.82, 2.24) is 19.6 Å². The lowest BCUT2D eigenvalue weighted by atomic mass is 10.1. The molecule has 0 spiro atoms.